The van der Waals surface area contributed by atoms with Crippen LogP contribution in [0.2, 0.25) is 0 Å². The number of nitrogens with one attached hydrogen (secondary N) is 1. The Morgan fingerprint density at radius 3 is 2.42 bits per heavy atom. The molecule has 102 valence electrons. The fourth-order valence-electron chi connectivity index (χ4n) is 1.80. The lowest BCUT2D eigenvalue weighted by molar-refractivity contribution is -0.121. The van der Waals surface area contributed by atoms with E-state index in [0.29, 0.717) is 12.5 Å². The van der Waals surface area contributed by atoms with Crippen LogP contribution in [0, 0.1) is 17.2 Å². The number of aryl methyl sites for hydroxylation is 1. The second-order valence-corrected chi connectivity index (χ2v) is 5.18. The van der Waals surface area contributed by atoms with Gasteiger partial charge in [-0.2, -0.15) is 5.26 Å². The first-order chi connectivity index (χ1) is 9.06. The Kier molecular flexibility index (Phi) is 6.08. The summed E-state index contributed by atoms with van der Waals surface area (Å²) >= 11 is 0. The van der Waals surface area contributed by atoms with Gasteiger partial charge in [-0.3, -0.25) is 4.79 Å². The second kappa shape index (κ2) is 7.58. The summed E-state index contributed by atoms with van der Waals surface area (Å²) in [5.41, 5.74) is 2.16. The van der Waals surface area contributed by atoms with Gasteiger partial charge in [0.15, 0.2) is 0 Å². The van der Waals surface area contributed by atoms with Crippen molar-refractivity contribution in [3.8, 4) is 6.07 Å². The minimum Gasteiger partial charge on any atom is -0.356 e. The zero-order chi connectivity index (χ0) is 14.3. The molecule has 0 spiro atoms. The molecule has 3 nitrogen and oxygen atoms in total. The molecular weight excluding hydrogens is 236 g/mol. The second-order valence-electron chi connectivity index (χ2n) is 5.18. The summed E-state index contributed by atoms with van der Waals surface area (Å²) < 4.78 is 0. The van der Waals surface area contributed by atoms with Crippen LogP contribution >= 0.6 is 0 Å². The van der Waals surface area contributed by atoms with Crippen molar-refractivity contribution in [1.29, 1.82) is 5.26 Å². The molecule has 0 fully saturated rings. The van der Waals surface area contributed by atoms with E-state index in [9.17, 15) is 10.1 Å². The lowest BCUT2D eigenvalue weighted by Gasteiger charge is -2.11. The van der Waals surface area contributed by atoms with Gasteiger partial charge in [0.05, 0.1) is 12.0 Å². The van der Waals surface area contributed by atoms with E-state index >= 15 is 0 Å². The quantitative estimate of drug-likeness (QED) is 0.852. The third-order valence-corrected chi connectivity index (χ3v) is 3.04. The van der Waals surface area contributed by atoms with Crippen molar-refractivity contribution in [3.05, 3.63) is 35.4 Å². The maximum atomic E-state index is 11.8. The van der Waals surface area contributed by atoms with E-state index in [1.165, 1.54) is 5.56 Å². The standard InChI is InChI=1S/C16H22N2O/c1-4-13-5-7-14(8-6-13)15(10-17)9-16(19)18-11-12(2)3/h5-8,12,15H,4,9,11H2,1-3H3,(H,18,19). The molecule has 0 aliphatic carbocycles. The molecule has 0 aromatic heterocycles. The molecule has 0 saturated heterocycles. The first kappa shape index (κ1) is 15.2. The van der Waals surface area contributed by atoms with Crippen molar-refractivity contribution >= 4 is 5.91 Å². The largest absolute Gasteiger partial charge is 0.356 e. The van der Waals surface area contributed by atoms with Gasteiger partial charge in [-0.25, -0.2) is 0 Å². The molecule has 0 aliphatic heterocycles. The van der Waals surface area contributed by atoms with Crippen LogP contribution in [-0.2, 0) is 11.2 Å². The number of carbonyl (C=O) groups is 1. The summed E-state index contributed by atoms with van der Waals surface area (Å²) in [6, 6.07) is 10.1. The highest BCUT2D eigenvalue weighted by atomic mass is 16.1. The Balaban J connectivity index is 2.62. The van der Waals surface area contributed by atoms with Crippen LogP contribution in [0.4, 0.5) is 0 Å². The Morgan fingerprint density at radius 2 is 1.95 bits per heavy atom. The predicted molar refractivity (Wildman–Crippen MR) is 76.6 cm³/mol. The fraction of sp³-hybridized carbons (Fsp3) is 0.500. The molecule has 1 N–H and O–H groups in total. The molecule has 1 aromatic carbocycles. The van der Waals surface area contributed by atoms with E-state index < -0.39 is 0 Å². The molecular formula is C16H22N2O. The lowest BCUT2D eigenvalue weighted by atomic mass is 9.95. The molecule has 1 unspecified atom stereocenters. The van der Waals surface area contributed by atoms with Gasteiger partial charge < -0.3 is 5.32 Å². The van der Waals surface area contributed by atoms with Crippen LogP contribution in [0.5, 0.6) is 0 Å². The Bertz CT molecular complexity index is 443. The van der Waals surface area contributed by atoms with Gasteiger partial charge >= 0.3 is 0 Å². The number of nitrogens with zero attached hydrogens (tertiary/aromatic N) is 1. The number of hydrogen-bond donors (Lipinski definition) is 1. The molecule has 0 radical (unpaired) electrons. The molecule has 1 rings (SSSR count). The van der Waals surface area contributed by atoms with Gasteiger partial charge in [0.1, 0.15) is 0 Å². The number of nitriles is 1. The zero-order valence-electron chi connectivity index (χ0n) is 11.9. The average molecular weight is 258 g/mol. The number of rotatable bonds is 6. The fourth-order valence-corrected chi connectivity index (χ4v) is 1.80. The highest BCUT2D eigenvalue weighted by Gasteiger charge is 2.15. The number of hydrogen-bond acceptors (Lipinski definition) is 2. The maximum Gasteiger partial charge on any atom is 0.221 e. The van der Waals surface area contributed by atoms with Gasteiger partial charge in [-0.05, 0) is 23.5 Å². The van der Waals surface area contributed by atoms with E-state index in [2.05, 4.69) is 18.3 Å². The van der Waals surface area contributed by atoms with Crippen LogP contribution in [0.15, 0.2) is 24.3 Å². The first-order valence-corrected chi connectivity index (χ1v) is 6.82. The van der Waals surface area contributed by atoms with E-state index in [0.717, 1.165) is 12.0 Å². The molecule has 1 atom stereocenters. The summed E-state index contributed by atoms with van der Waals surface area (Å²) in [7, 11) is 0. The normalized spacial score (nSPS) is 11.9. The minimum atomic E-state index is -0.363. The van der Waals surface area contributed by atoms with Crippen molar-refractivity contribution in [2.75, 3.05) is 6.54 Å². The van der Waals surface area contributed by atoms with E-state index in [1.54, 1.807) is 0 Å². The number of amides is 1. The van der Waals surface area contributed by atoms with E-state index in [4.69, 9.17) is 0 Å². The van der Waals surface area contributed by atoms with Crippen LogP contribution in [0.3, 0.4) is 0 Å². The summed E-state index contributed by atoms with van der Waals surface area (Å²) in [5.74, 6) is 0.00575. The molecule has 0 heterocycles. The molecule has 1 amide bonds. The van der Waals surface area contributed by atoms with Crippen molar-refractivity contribution in [3.63, 3.8) is 0 Å². The Labute approximate surface area is 115 Å². The zero-order valence-corrected chi connectivity index (χ0v) is 11.9. The highest BCUT2D eigenvalue weighted by Crippen LogP contribution is 2.19. The van der Waals surface area contributed by atoms with Crippen LogP contribution in [-0.4, -0.2) is 12.5 Å². The van der Waals surface area contributed by atoms with E-state index in [1.807, 2.05) is 38.1 Å². The molecule has 19 heavy (non-hydrogen) atoms. The Morgan fingerprint density at radius 1 is 1.32 bits per heavy atom. The molecule has 0 bridgehead atoms. The summed E-state index contributed by atoms with van der Waals surface area (Å²) in [4.78, 5) is 11.8. The maximum absolute atomic E-state index is 11.8. The summed E-state index contributed by atoms with van der Waals surface area (Å²) in [6.45, 7) is 6.85. The third-order valence-electron chi connectivity index (χ3n) is 3.04. The average Bonchev–Trinajstić information content (AvgIpc) is 2.42. The topological polar surface area (TPSA) is 52.9 Å². The van der Waals surface area contributed by atoms with Crippen molar-refractivity contribution in [1.82, 2.24) is 5.32 Å². The van der Waals surface area contributed by atoms with Crippen molar-refractivity contribution in [2.24, 2.45) is 5.92 Å². The van der Waals surface area contributed by atoms with Gasteiger partial charge in [-0.1, -0.05) is 45.0 Å². The van der Waals surface area contributed by atoms with Crippen LogP contribution in [0.25, 0.3) is 0 Å². The monoisotopic (exact) mass is 258 g/mol. The molecule has 0 aliphatic rings. The van der Waals surface area contributed by atoms with Crippen LogP contribution in [0.1, 0.15) is 44.2 Å². The first-order valence-electron chi connectivity index (χ1n) is 6.82. The lowest BCUT2D eigenvalue weighted by Crippen LogP contribution is -2.28. The number of carbonyl (C=O) groups excluding carboxylic acids is 1. The Hall–Kier alpha value is -1.82. The van der Waals surface area contributed by atoms with Crippen LogP contribution < -0.4 is 5.32 Å². The van der Waals surface area contributed by atoms with E-state index in [-0.39, 0.29) is 18.2 Å². The third kappa shape index (κ3) is 5.13. The number of benzene rings is 1. The summed E-state index contributed by atoms with van der Waals surface area (Å²) in [6.07, 6.45) is 1.21. The minimum absolute atomic E-state index is 0.0557. The SMILES string of the molecule is CCc1ccc(C(C#N)CC(=O)NCC(C)C)cc1. The predicted octanol–water partition coefficient (Wildman–Crippen LogP) is 3.02. The molecule has 1 aromatic rings. The van der Waals surface area contributed by atoms with Crippen molar-refractivity contribution in [2.45, 2.75) is 39.5 Å². The van der Waals surface area contributed by atoms with Gasteiger partial charge in [0, 0.05) is 13.0 Å². The molecule has 0 saturated carbocycles. The van der Waals surface area contributed by atoms with Crippen molar-refractivity contribution < 1.29 is 4.79 Å². The van der Waals surface area contributed by atoms with Gasteiger partial charge in [-0.15, -0.1) is 0 Å². The highest BCUT2D eigenvalue weighted by molar-refractivity contribution is 5.77. The van der Waals surface area contributed by atoms with Gasteiger partial charge in [0.2, 0.25) is 5.91 Å². The molecule has 3 heteroatoms. The summed E-state index contributed by atoms with van der Waals surface area (Å²) in [5, 5.41) is 12.1. The van der Waals surface area contributed by atoms with Gasteiger partial charge in [0.25, 0.3) is 0 Å². The smallest absolute Gasteiger partial charge is 0.221 e.